The van der Waals surface area contributed by atoms with Crippen LogP contribution in [0.4, 0.5) is 4.39 Å². The van der Waals surface area contributed by atoms with Crippen molar-refractivity contribution in [2.24, 2.45) is 5.92 Å². The van der Waals surface area contributed by atoms with Crippen molar-refractivity contribution in [3.8, 4) is 5.75 Å². The van der Waals surface area contributed by atoms with E-state index < -0.39 is 0 Å². The van der Waals surface area contributed by atoms with Gasteiger partial charge in [0.1, 0.15) is 24.2 Å². The molecule has 0 aliphatic carbocycles. The number of benzene rings is 2. The average Bonchev–Trinajstić information content (AvgIpc) is 3.18. The topological polar surface area (TPSA) is 74.4 Å². The van der Waals surface area contributed by atoms with Crippen molar-refractivity contribution in [1.82, 2.24) is 21.5 Å². The predicted octanol–water partition coefficient (Wildman–Crippen LogP) is 2.04. The number of halogens is 1. The molecule has 2 aliphatic heterocycles. The van der Waals surface area contributed by atoms with Crippen molar-refractivity contribution in [2.45, 2.75) is 38.1 Å². The van der Waals surface area contributed by atoms with E-state index in [2.05, 4.69) is 21.5 Å². The third-order valence-corrected chi connectivity index (χ3v) is 5.72. The van der Waals surface area contributed by atoms with Crippen LogP contribution in [0.2, 0.25) is 0 Å². The lowest BCUT2D eigenvalue weighted by atomic mass is 9.89. The summed E-state index contributed by atoms with van der Waals surface area (Å²) in [4.78, 5) is 12.7. The smallest absolute Gasteiger partial charge is 0.239 e. The van der Waals surface area contributed by atoms with Gasteiger partial charge in [0.2, 0.25) is 5.91 Å². The Bertz CT molecular complexity index is 828. The molecular formula is C22H27FN4O2. The van der Waals surface area contributed by atoms with Gasteiger partial charge in [-0.05, 0) is 55.3 Å². The molecule has 2 saturated heterocycles. The van der Waals surface area contributed by atoms with Gasteiger partial charge in [-0.1, -0.05) is 24.3 Å². The number of nitrogens with one attached hydrogen (secondary N) is 4. The fraction of sp³-hybridized carbons (Fsp3) is 0.409. The molecule has 0 aromatic heterocycles. The van der Waals surface area contributed by atoms with Crippen LogP contribution in [-0.4, -0.2) is 31.1 Å². The molecular weight excluding hydrogens is 371 g/mol. The summed E-state index contributed by atoms with van der Waals surface area (Å²) in [7, 11) is 0. The van der Waals surface area contributed by atoms with E-state index in [1.165, 1.54) is 12.1 Å². The Hall–Kier alpha value is -2.48. The zero-order chi connectivity index (χ0) is 20.2. The molecule has 154 valence electrons. The summed E-state index contributed by atoms with van der Waals surface area (Å²) in [6.45, 7) is 4.18. The number of hydrogen-bond acceptors (Lipinski definition) is 5. The monoisotopic (exact) mass is 398 g/mol. The summed E-state index contributed by atoms with van der Waals surface area (Å²) in [5.41, 5.74) is 8.32. The van der Waals surface area contributed by atoms with Gasteiger partial charge in [-0.25, -0.2) is 9.82 Å². The average molecular weight is 398 g/mol. The minimum atomic E-state index is -0.256. The Balaban J connectivity index is 1.30. The second-order valence-electron chi connectivity index (χ2n) is 7.74. The molecule has 1 amide bonds. The first-order chi connectivity index (χ1) is 14.1. The Morgan fingerprint density at radius 3 is 2.69 bits per heavy atom. The maximum atomic E-state index is 13.0. The zero-order valence-electron chi connectivity index (χ0n) is 16.5. The molecule has 4 rings (SSSR count). The summed E-state index contributed by atoms with van der Waals surface area (Å²) >= 11 is 0. The van der Waals surface area contributed by atoms with Crippen LogP contribution in [0.15, 0.2) is 48.5 Å². The number of carbonyl (C=O) groups excluding carboxylic acids is 1. The normalized spacial score (nSPS) is 24.6. The molecule has 0 saturated carbocycles. The van der Waals surface area contributed by atoms with Crippen LogP contribution in [0.3, 0.4) is 0 Å². The molecule has 0 spiro atoms. The number of rotatable bonds is 6. The number of ether oxygens (including phenoxy) is 1. The van der Waals surface area contributed by atoms with E-state index in [-0.39, 0.29) is 29.7 Å². The quantitative estimate of drug-likeness (QED) is 0.599. The lowest BCUT2D eigenvalue weighted by Crippen LogP contribution is -2.49. The first kappa shape index (κ1) is 19.8. The highest BCUT2D eigenvalue weighted by Crippen LogP contribution is 2.22. The third kappa shape index (κ3) is 4.75. The lowest BCUT2D eigenvalue weighted by Gasteiger charge is -2.28. The molecule has 2 heterocycles. The maximum Gasteiger partial charge on any atom is 0.239 e. The van der Waals surface area contributed by atoms with Gasteiger partial charge in [-0.2, -0.15) is 0 Å². The highest BCUT2D eigenvalue weighted by atomic mass is 19.1. The van der Waals surface area contributed by atoms with Crippen LogP contribution in [0.25, 0.3) is 0 Å². The van der Waals surface area contributed by atoms with E-state index in [9.17, 15) is 9.18 Å². The predicted molar refractivity (Wildman–Crippen MR) is 109 cm³/mol. The van der Waals surface area contributed by atoms with Gasteiger partial charge in [0.05, 0.1) is 6.04 Å². The van der Waals surface area contributed by atoms with Gasteiger partial charge >= 0.3 is 0 Å². The van der Waals surface area contributed by atoms with Crippen molar-refractivity contribution < 1.29 is 13.9 Å². The highest BCUT2D eigenvalue weighted by molar-refractivity contribution is 5.83. The Labute approximate surface area is 170 Å². The number of carbonyl (C=O) groups is 1. The van der Waals surface area contributed by atoms with E-state index in [0.29, 0.717) is 12.6 Å². The summed E-state index contributed by atoms with van der Waals surface area (Å²) < 4.78 is 18.7. The van der Waals surface area contributed by atoms with Crippen molar-refractivity contribution in [1.29, 1.82) is 0 Å². The maximum absolute atomic E-state index is 13.0. The van der Waals surface area contributed by atoms with Crippen molar-refractivity contribution in [2.75, 3.05) is 13.1 Å². The number of fused-ring (bicyclic) bond motifs is 1. The fourth-order valence-corrected chi connectivity index (χ4v) is 3.96. The molecule has 4 unspecified atom stereocenters. The molecule has 2 aromatic carbocycles. The van der Waals surface area contributed by atoms with Crippen molar-refractivity contribution in [3.05, 3.63) is 65.5 Å². The highest BCUT2D eigenvalue weighted by Gasteiger charge is 2.41. The van der Waals surface area contributed by atoms with E-state index >= 15 is 0 Å². The Kier molecular flexibility index (Phi) is 6.08. The van der Waals surface area contributed by atoms with Crippen molar-refractivity contribution in [3.63, 3.8) is 0 Å². The van der Waals surface area contributed by atoms with Gasteiger partial charge in [0.25, 0.3) is 0 Å². The zero-order valence-corrected chi connectivity index (χ0v) is 16.5. The number of piperidine rings is 1. The molecule has 0 radical (unpaired) electrons. The largest absolute Gasteiger partial charge is 0.489 e. The molecule has 29 heavy (non-hydrogen) atoms. The molecule has 4 N–H and O–H groups in total. The Morgan fingerprint density at radius 2 is 1.93 bits per heavy atom. The number of hydrazine groups is 1. The molecule has 2 fully saturated rings. The van der Waals surface area contributed by atoms with Gasteiger partial charge in [0, 0.05) is 18.5 Å². The molecule has 6 nitrogen and oxygen atoms in total. The first-order valence-electron chi connectivity index (χ1n) is 10.1. The minimum absolute atomic E-state index is 0.0119. The van der Waals surface area contributed by atoms with E-state index in [1.54, 1.807) is 12.1 Å². The summed E-state index contributed by atoms with van der Waals surface area (Å²) in [6.07, 6.45) is 1.02. The third-order valence-electron chi connectivity index (χ3n) is 5.72. The van der Waals surface area contributed by atoms with Gasteiger partial charge in [-0.3, -0.25) is 10.2 Å². The minimum Gasteiger partial charge on any atom is -0.489 e. The van der Waals surface area contributed by atoms with Crippen LogP contribution in [0, 0.1) is 11.7 Å². The van der Waals surface area contributed by atoms with E-state index in [0.717, 1.165) is 36.4 Å². The van der Waals surface area contributed by atoms with Crippen LogP contribution in [0.5, 0.6) is 5.75 Å². The summed E-state index contributed by atoms with van der Waals surface area (Å²) in [5, 5.41) is 6.47. The second-order valence-corrected chi connectivity index (χ2v) is 7.74. The standard InChI is InChI=1S/C22H27FN4O2/c1-14(25-22(28)21-19-12-24-11-10-20(19)26-27-21)16-4-8-18(9-5-16)29-13-15-2-6-17(23)7-3-15/h2-9,14,19-21,24,26-27H,10-13H2,1H3,(H,25,28). The van der Waals surface area contributed by atoms with Crippen LogP contribution in [0.1, 0.15) is 30.5 Å². The molecule has 0 bridgehead atoms. The molecule has 2 aromatic rings. The molecule has 2 aliphatic rings. The lowest BCUT2D eigenvalue weighted by molar-refractivity contribution is -0.124. The van der Waals surface area contributed by atoms with Crippen LogP contribution in [-0.2, 0) is 11.4 Å². The Morgan fingerprint density at radius 1 is 1.17 bits per heavy atom. The molecule has 4 atom stereocenters. The van der Waals surface area contributed by atoms with Crippen LogP contribution >= 0.6 is 0 Å². The summed E-state index contributed by atoms with van der Waals surface area (Å²) in [6, 6.07) is 14.0. The first-order valence-corrected chi connectivity index (χ1v) is 10.1. The van der Waals surface area contributed by atoms with Crippen molar-refractivity contribution >= 4 is 5.91 Å². The fourth-order valence-electron chi connectivity index (χ4n) is 3.96. The number of amides is 1. The van der Waals surface area contributed by atoms with E-state index in [4.69, 9.17) is 4.74 Å². The second kappa shape index (κ2) is 8.90. The van der Waals surface area contributed by atoms with Crippen LogP contribution < -0.4 is 26.2 Å². The van der Waals surface area contributed by atoms with E-state index in [1.807, 2.05) is 31.2 Å². The van der Waals surface area contributed by atoms with Gasteiger partial charge < -0.3 is 15.4 Å². The SMILES string of the molecule is CC(NC(=O)C1NNC2CCNCC21)c1ccc(OCc2ccc(F)cc2)cc1. The molecule has 7 heteroatoms. The summed E-state index contributed by atoms with van der Waals surface area (Å²) in [5.74, 6) is 0.749. The number of hydrogen-bond donors (Lipinski definition) is 4. The van der Waals surface area contributed by atoms with Gasteiger partial charge in [0.15, 0.2) is 0 Å². The van der Waals surface area contributed by atoms with Gasteiger partial charge in [-0.15, -0.1) is 0 Å².